The number of anilines is 1. The first kappa shape index (κ1) is 9.40. The van der Waals surface area contributed by atoms with E-state index in [0.29, 0.717) is 12.2 Å². The predicted octanol–water partition coefficient (Wildman–Crippen LogP) is 2.10. The van der Waals surface area contributed by atoms with Crippen molar-refractivity contribution >= 4 is 5.69 Å². The fraction of sp³-hybridized carbons (Fsp3) is 0.400. The number of rotatable bonds is 2. The van der Waals surface area contributed by atoms with Gasteiger partial charge in [-0.05, 0) is 6.07 Å². The van der Waals surface area contributed by atoms with Gasteiger partial charge in [0.1, 0.15) is 6.10 Å². The Morgan fingerprint density at radius 3 is 2.50 bits per heavy atom. The molecule has 1 heterocycles. The van der Waals surface area contributed by atoms with Crippen LogP contribution in [0.1, 0.15) is 11.7 Å². The fourth-order valence-corrected chi connectivity index (χ4v) is 1.50. The van der Waals surface area contributed by atoms with Crippen molar-refractivity contribution < 1.29 is 13.5 Å². The van der Waals surface area contributed by atoms with Crippen molar-refractivity contribution in [3.63, 3.8) is 0 Å². The van der Waals surface area contributed by atoms with E-state index >= 15 is 0 Å². The molecule has 1 aliphatic rings. The van der Waals surface area contributed by atoms with E-state index in [1.165, 1.54) is 0 Å². The van der Waals surface area contributed by atoms with Crippen molar-refractivity contribution in [2.24, 2.45) is 0 Å². The lowest BCUT2D eigenvalue weighted by molar-refractivity contribution is 0.413. The molecule has 0 aromatic heterocycles. The summed E-state index contributed by atoms with van der Waals surface area (Å²) < 4.78 is 31.5. The molecule has 76 valence electrons. The van der Waals surface area contributed by atoms with Crippen LogP contribution in [0, 0.1) is 11.6 Å². The van der Waals surface area contributed by atoms with E-state index in [4.69, 9.17) is 4.74 Å². The Bertz CT molecular complexity index is 361. The van der Waals surface area contributed by atoms with Crippen LogP contribution in [0.4, 0.5) is 14.5 Å². The van der Waals surface area contributed by atoms with Gasteiger partial charge < -0.3 is 9.64 Å². The molecule has 14 heavy (non-hydrogen) atoms. The third kappa shape index (κ3) is 1.46. The van der Waals surface area contributed by atoms with E-state index in [1.807, 2.05) is 0 Å². The van der Waals surface area contributed by atoms with Crippen molar-refractivity contribution in [1.29, 1.82) is 0 Å². The summed E-state index contributed by atoms with van der Waals surface area (Å²) in [6.07, 6.45) is -0.0671. The van der Waals surface area contributed by atoms with Crippen LogP contribution in [0.2, 0.25) is 0 Å². The second-order valence-corrected chi connectivity index (χ2v) is 3.52. The highest BCUT2D eigenvalue weighted by Gasteiger charge is 2.30. The number of nitrogens with zero attached hydrogens (tertiary/aromatic N) is 1. The maximum atomic E-state index is 13.4. The average molecular weight is 199 g/mol. The Morgan fingerprint density at radius 2 is 2.00 bits per heavy atom. The monoisotopic (exact) mass is 199 g/mol. The van der Waals surface area contributed by atoms with E-state index in [2.05, 4.69) is 0 Å². The molecule has 0 unspecified atom stereocenters. The zero-order valence-corrected chi connectivity index (χ0v) is 8.05. The molecule has 2 nitrogen and oxygen atoms in total. The maximum absolute atomic E-state index is 13.4. The van der Waals surface area contributed by atoms with Crippen molar-refractivity contribution in [3.05, 3.63) is 29.3 Å². The van der Waals surface area contributed by atoms with Crippen LogP contribution in [0.5, 0.6) is 0 Å². The minimum absolute atomic E-state index is 0.0671. The van der Waals surface area contributed by atoms with E-state index in [0.717, 1.165) is 6.07 Å². The molecule has 0 spiro atoms. The smallest absolute Gasteiger partial charge is 0.182 e. The lowest BCUT2D eigenvalue weighted by atomic mass is 10.1. The lowest BCUT2D eigenvalue weighted by Gasteiger charge is -2.17. The van der Waals surface area contributed by atoms with E-state index in [-0.39, 0.29) is 11.8 Å². The number of epoxide rings is 1. The van der Waals surface area contributed by atoms with Crippen LogP contribution < -0.4 is 4.90 Å². The SMILES string of the molecule is CN(C)c1c([C@@H]2CO2)ccc(F)c1F. The highest BCUT2D eigenvalue weighted by Crippen LogP contribution is 2.38. The molecule has 0 N–H and O–H groups in total. The highest BCUT2D eigenvalue weighted by molar-refractivity contribution is 5.56. The van der Waals surface area contributed by atoms with Gasteiger partial charge in [0.2, 0.25) is 0 Å². The molecule has 2 rings (SSSR count). The average Bonchev–Trinajstić information content (AvgIpc) is 2.91. The van der Waals surface area contributed by atoms with Gasteiger partial charge in [-0.2, -0.15) is 0 Å². The van der Waals surface area contributed by atoms with Crippen LogP contribution in [-0.4, -0.2) is 20.7 Å². The second kappa shape index (κ2) is 3.20. The molecular formula is C10H11F2NO. The summed E-state index contributed by atoms with van der Waals surface area (Å²) in [6.45, 7) is 0.589. The first-order valence-electron chi connectivity index (χ1n) is 4.38. The van der Waals surface area contributed by atoms with Crippen LogP contribution in [0.15, 0.2) is 12.1 Å². The fourth-order valence-electron chi connectivity index (χ4n) is 1.50. The van der Waals surface area contributed by atoms with Crippen LogP contribution in [0.3, 0.4) is 0 Å². The molecule has 1 atom stereocenters. The summed E-state index contributed by atoms with van der Waals surface area (Å²) in [4.78, 5) is 1.56. The molecular weight excluding hydrogens is 188 g/mol. The van der Waals surface area contributed by atoms with E-state index < -0.39 is 11.6 Å². The summed E-state index contributed by atoms with van der Waals surface area (Å²) in [5.74, 6) is -1.62. The predicted molar refractivity (Wildman–Crippen MR) is 49.4 cm³/mol. The quantitative estimate of drug-likeness (QED) is 0.678. The van der Waals surface area contributed by atoms with Crippen LogP contribution in [0.25, 0.3) is 0 Å². The third-order valence-electron chi connectivity index (χ3n) is 2.23. The molecule has 0 radical (unpaired) electrons. The van der Waals surface area contributed by atoms with Gasteiger partial charge in [-0.3, -0.25) is 0 Å². The Labute approximate surface area is 81.1 Å². The minimum Gasteiger partial charge on any atom is -0.375 e. The molecule has 0 amide bonds. The first-order chi connectivity index (χ1) is 6.61. The largest absolute Gasteiger partial charge is 0.375 e. The van der Waals surface area contributed by atoms with Crippen molar-refractivity contribution in [1.82, 2.24) is 0 Å². The van der Waals surface area contributed by atoms with Gasteiger partial charge in [0.05, 0.1) is 12.3 Å². The third-order valence-corrected chi connectivity index (χ3v) is 2.23. The van der Waals surface area contributed by atoms with Gasteiger partial charge in [-0.1, -0.05) is 6.07 Å². The zero-order chi connectivity index (χ0) is 10.3. The number of hydrogen-bond donors (Lipinski definition) is 0. The van der Waals surface area contributed by atoms with Crippen LogP contribution >= 0.6 is 0 Å². The Balaban J connectivity index is 2.53. The molecule has 0 bridgehead atoms. The number of hydrogen-bond acceptors (Lipinski definition) is 2. The Hall–Kier alpha value is -1.16. The zero-order valence-electron chi connectivity index (χ0n) is 8.05. The van der Waals surface area contributed by atoms with Crippen molar-refractivity contribution in [3.8, 4) is 0 Å². The molecule has 0 aliphatic carbocycles. The molecule has 1 fully saturated rings. The summed E-state index contributed by atoms with van der Waals surface area (Å²) in [7, 11) is 3.37. The Morgan fingerprint density at radius 1 is 1.36 bits per heavy atom. The molecule has 1 saturated heterocycles. The minimum atomic E-state index is -0.821. The summed E-state index contributed by atoms with van der Waals surface area (Å²) in [6, 6.07) is 2.71. The van der Waals surface area contributed by atoms with E-state index in [1.54, 1.807) is 25.1 Å². The summed E-state index contributed by atoms with van der Waals surface area (Å²) in [5, 5.41) is 0. The normalized spacial score (nSPS) is 19.6. The molecule has 1 aromatic rings. The topological polar surface area (TPSA) is 15.8 Å². The Kier molecular flexibility index (Phi) is 2.15. The second-order valence-electron chi connectivity index (χ2n) is 3.52. The van der Waals surface area contributed by atoms with Crippen LogP contribution in [-0.2, 0) is 4.74 Å². The number of benzene rings is 1. The maximum Gasteiger partial charge on any atom is 0.182 e. The lowest BCUT2D eigenvalue weighted by Crippen LogP contribution is -2.14. The molecule has 4 heteroatoms. The molecule has 0 saturated carbocycles. The van der Waals surface area contributed by atoms with E-state index in [9.17, 15) is 8.78 Å². The van der Waals surface area contributed by atoms with Gasteiger partial charge in [0.25, 0.3) is 0 Å². The van der Waals surface area contributed by atoms with Crippen molar-refractivity contribution in [2.45, 2.75) is 6.10 Å². The number of halogens is 2. The summed E-state index contributed by atoms with van der Waals surface area (Å²) >= 11 is 0. The van der Waals surface area contributed by atoms with Crippen molar-refractivity contribution in [2.75, 3.05) is 25.6 Å². The van der Waals surface area contributed by atoms with Gasteiger partial charge >= 0.3 is 0 Å². The van der Waals surface area contributed by atoms with Gasteiger partial charge in [-0.25, -0.2) is 8.78 Å². The summed E-state index contributed by atoms with van der Waals surface area (Å²) in [5.41, 5.74) is 1.00. The van der Waals surface area contributed by atoms with Gasteiger partial charge in [0.15, 0.2) is 11.6 Å². The van der Waals surface area contributed by atoms with Gasteiger partial charge in [0, 0.05) is 19.7 Å². The standard InChI is InChI=1S/C10H11F2NO/c1-13(2)10-6(8-5-14-8)3-4-7(11)9(10)12/h3-4,8H,5H2,1-2H3/t8-/m0/s1. The van der Waals surface area contributed by atoms with Gasteiger partial charge in [-0.15, -0.1) is 0 Å². The number of ether oxygens (including phenoxy) is 1. The molecule has 1 aromatic carbocycles. The first-order valence-corrected chi connectivity index (χ1v) is 4.38. The molecule has 1 aliphatic heterocycles. The highest BCUT2D eigenvalue weighted by atomic mass is 19.2.